The van der Waals surface area contributed by atoms with Crippen LogP contribution in [0, 0.1) is 3.57 Å². The van der Waals surface area contributed by atoms with E-state index in [1.807, 2.05) is 0 Å². The average Bonchev–Trinajstić information content (AvgIpc) is 3.08. The molecule has 4 aromatic carbocycles. The van der Waals surface area contributed by atoms with Gasteiger partial charge < -0.3 is 4.74 Å². The van der Waals surface area contributed by atoms with Crippen LogP contribution < -0.4 is 4.74 Å². The van der Waals surface area contributed by atoms with Gasteiger partial charge in [0.1, 0.15) is 12.4 Å². The Morgan fingerprint density at radius 1 is 0.643 bits per heavy atom. The van der Waals surface area contributed by atoms with Crippen molar-refractivity contribution < 1.29 is 4.74 Å². The van der Waals surface area contributed by atoms with Crippen molar-refractivity contribution in [1.82, 2.24) is 0 Å². The minimum Gasteiger partial charge on any atom is -0.489 e. The highest BCUT2D eigenvalue weighted by Crippen LogP contribution is 2.62. The Bertz CT molecular complexity index is 1070. The average molecular weight is 494 g/mol. The lowest BCUT2D eigenvalue weighted by Crippen LogP contribution is -1.95. The standard InChI is InChI=1S/C25H19IOS/c26-19-11-9-18(10-12-19)17-27-20-13-15-21(16-14-20)28-24-7-3-1-5-22(24)23-6-2-4-8-25(23)28/h1-16,28H,17H2. The second kappa shape index (κ2) is 7.64. The molecular weight excluding hydrogens is 475 g/mol. The number of fused-ring (bicyclic) bond motifs is 3. The smallest absolute Gasteiger partial charge is 0.119 e. The lowest BCUT2D eigenvalue weighted by Gasteiger charge is -2.19. The minimum absolute atomic E-state index is 0.497. The van der Waals surface area contributed by atoms with Gasteiger partial charge in [-0.3, -0.25) is 0 Å². The highest BCUT2D eigenvalue weighted by molar-refractivity contribution is 14.1. The van der Waals surface area contributed by atoms with Gasteiger partial charge in [0.2, 0.25) is 0 Å². The molecule has 0 fully saturated rings. The Morgan fingerprint density at radius 3 is 1.82 bits per heavy atom. The number of ether oxygens (including phenoxy) is 1. The summed E-state index contributed by atoms with van der Waals surface area (Å²) in [5.41, 5.74) is 3.94. The summed E-state index contributed by atoms with van der Waals surface area (Å²) in [5.74, 6) is 0.915. The molecule has 1 nitrogen and oxygen atoms in total. The predicted molar refractivity (Wildman–Crippen MR) is 126 cm³/mol. The number of hydrogen-bond donors (Lipinski definition) is 1. The Hall–Kier alpha value is -2.24. The SMILES string of the molecule is Ic1ccc(COc2ccc([SH]3c4ccccc4-c4ccccc43)cc2)cc1. The largest absolute Gasteiger partial charge is 0.489 e. The van der Waals surface area contributed by atoms with Crippen molar-refractivity contribution in [3.63, 3.8) is 0 Å². The number of benzene rings is 4. The van der Waals surface area contributed by atoms with Crippen molar-refractivity contribution in [1.29, 1.82) is 0 Å². The molecule has 0 unspecified atom stereocenters. The molecule has 0 aliphatic carbocycles. The van der Waals surface area contributed by atoms with Crippen LogP contribution in [0.4, 0.5) is 0 Å². The molecule has 0 radical (unpaired) electrons. The first-order valence-electron chi connectivity index (χ1n) is 9.25. The summed E-state index contributed by atoms with van der Waals surface area (Å²) >= 11 is 2.32. The fourth-order valence-electron chi connectivity index (χ4n) is 3.64. The van der Waals surface area contributed by atoms with Crippen molar-refractivity contribution in [2.45, 2.75) is 21.3 Å². The first-order valence-corrected chi connectivity index (χ1v) is 11.7. The van der Waals surface area contributed by atoms with Gasteiger partial charge in [0, 0.05) is 13.4 Å². The molecule has 1 heterocycles. The second-order valence-electron chi connectivity index (χ2n) is 6.78. The van der Waals surface area contributed by atoms with E-state index in [0.717, 1.165) is 5.75 Å². The maximum absolute atomic E-state index is 5.99. The molecule has 1 aliphatic rings. The number of hydrogen-bond acceptors (Lipinski definition) is 1. The Kier molecular flexibility index (Phi) is 4.87. The number of thiol groups is 1. The Morgan fingerprint density at radius 2 is 1.21 bits per heavy atom. The minimum atomic E-state index is -0.497. The second-order valence-corrected chi connectivity index (χ2v) is 10.2. The third kappa shape index (κ3) is 3.33. The maximum atomic E-state index is 5.99. The molecule has 0 spiro atoms. The Balaban J connectivity index is 1.41. The van der Waals surface area contributed by atoms with Crippen molar-refractivity contribution in [2.24, 2.45) is 0 Å². The number of rotatable bonds is 4. The highest BCUT2D eigenvalue weighted by atomic mass is 127. The molecule has 4 aromatic rings. The lowest BCUT2D eigenvalue weighted by molar-refractivity contribution is 0.306. The summed E-state index contributed by atoms with van der Waals surface area (Å²) < 4.78 is 7.23. The van der Waals surface area contributed by atoms with E-state index < -0.39 is 10.9 Å². The first kappa shape index (κ1) is 17.8. The van der Waals surface area contributed by atoms with Gasteiger partial charge in [-0.2, -0.15) is 10.9 Å². The molecular formula is C25H19IOS. The molecule has 138 valence electrons. The van der Waals surface area contributed by atoms with Gasteiger partial charge in [0.05, 0.1) is 0 Å². The van der Waals surface area contributed by atoms with Gasteiger partial charge in [0.15, 0.2) is 0 Å². The van der Waals surface area contributed by atoms with E-state index in [-0.39, 0.29) is 0 Å². The molecule has 3 heteroatoms. The van der Waals surface area contributed by atoms with Gasteiger partial charge in [-0.25, -0.2) is 0 Å². The van der Waals surface area contributed by atoms with Crippen LogP contribution in [0.3, 0.4) is 0 Å². The van der Waals surface area contributed by atoms with E-state index in [1.54, 1.807) is 0 Å². The van der Waals surface area contributed by atoms with Crippen LogP contribution in [0.25, 0.3) is 11.1 Å². The van der Waals surface area contributed by atoms with Crippen molar-refractivity contribution in [3.05, 3.63) is 106 Å². The molecule has 28 heavy (non-hydrogen) atoms. The van der Waals surface area contributed by atoms with E-state index in [1.165, 1.54) is 34.9 Å². The number of halogens is 1. The normalized spacial score (nSPS) is 13.1. The molecule has 0 saturated heterocycles. The van der Waals surface area contributed by atoms with Crippen LogP contribution in [-0.4, -0.2) is 0 Å². The third-order valence-corrected chi connectivity index (χ3v) is 8.27. The highest BCUT2D eigenvalue weighted by Gasteiger charge is 2.26. The van der Waals surface area contributed by atoms with E-state index in [2.05, 4.69) is 120 Å². The van der Waals surface area contributed by atoms with E-state index in [0.29, 0.717) is 6.61 Å². The van der Waals surface area contributed by atoms with Gasteiger partial charge >= 0.3 is 0 Å². The van der Waals surface area contributed by atoms with Crippen LogP contribution in [0.5, 0.6) is 5.75 Å². The molecule has 1 aliphatic heterocycles. The summed E-state index contributed by atoms with van der Waals surface area (Å²) in [7, 11) is -0.497. The topological polar surface area (TPSA) is 9.23 Å². The third-order valence-electron chi connectivity index (χ3n) is 4.99. The Labute approximate surface area is 181 Å². The van der Waals surface area contributed by atoms with Gasteiger partial charge in [-0.05, 0) is 92.7 Å². The molecule has 0 bridgehead atoms. The monoisotopic (exact) mass is 494 g/mol. The fraction of sp³-hybridized carbons (Fsp3) is 0.0400. The summed E-state index contributed by atoms with van der Waals surface area (Å²) in [5, 5.41) is 0. The van der Waals surface area contributed by atoms with Gasteiger partial charge in [-0.1, -0.05) is 48.5 Å². The zero-order valence-electron chi connectivity index (χ0n) is 15.2. The van der Waals surface area contributed by atoms with Crippen LogP contribution in [-0.2, 0) is 6.61 Å². The summed E-state index contributed by atoms with van der Waals surface area (Å²) in [4.78, 5) is 4.27. The molecule has 0 aromatic heterocycles. The van der Waals surface area contributed by atoms with Crippen LogP contribution >= 0.6 is 33.5 Å². The van der Waals surface area contributed by atoms with Crippen LogP contribution in [0.2, 0.25) is 0 Å². The first-order chi connectivity index (χ1) is 13.8. The van der Waals surface area contributed by atoms with E-state index >= 15 is 0 Å². The maximum Gasteiger partial charge on any atom is 0.119 e. The predicted octanol–water partition coefficient (Wildman–Crippen LogP) is 7.33. The van der Waals surface area contributed by atoms with Crippen molar-refractivity contribution in [2.75, 3.05) is 0 Å². The van der Waals surface area contributed by atoms with E-state index in [9.17, 15) is 0 Å². The molecule has 0 saturated carbocycles. The summed E-state index contributed by atoms with van der Waals surface area (Å²) in [6.07, 6.45) is 0. The van der Waals surface area contributed by atoms with Gasteiger partial charge in [0.25, 0.3) is 0 Å². The van der Waals surface area contributed by atoms with Crippen LogP contribution in [0.1, 0.15) is 5.56 Å². The van der Waals surface area contributed by atoms with Crippen LogP contribution in [0.15, 0.2) is 112 Å². The quantitative estimate of drug-likeness (QED) is 0.203. The zero-order chi connectivity index (χ0) is 18.9. The van der Waals surface area contributed by atoms with Crippen molar-refractivity contribution in [3.8, 4) is 16.9 Å². The van der Waals surface area contributed by atoms with Gasteiger partial charge in [-0.15, -0.1) is 0 Å². The van der Waals surface area contributed by atoms with E-state index in [4.69, 9.17) is 4.74 Å². The lowest BCUT2D eigenvalue weighted by atomic mass is 10.1. The molecule has 0 atom stereocenters. The zero-order valence-corrected chi connectivity index (χ0v) is 18.2. The fourth-order valence-corrected chi connectivity index (χ4v) is 6.60. The molecule has 0 N–H and O–H groups in total. The summed E-state index contributed by atoms with van der Waals surface area (Å²) in [6, 6.07) is 34.7. The van der Waals surface area contributed by atoms with Crippen molar-refractivity contribution >= 4 is 33.5 Å². The summed E-state index contributed by atoms with van der Waals surface area (Å²) in [6.45, 7) is 0.594. The molecule has 0 amide bonds. The molecule has 5 rings (SSSR count).